The summed E-state index contributed by atoms with van der Waals surface area (Å²) in [7, 11) is 2.00. The number of phenolic OH excluding ortho intramolecular Hbond substituents is 1. The molecule has 0 aliphatic heterocycles. The van der Waals surface area contributed by atoms with Crippen LogP contribution >= 0.6 is 11.6 Å². The summed E-state index contributed by atoms with van der Waals surface area (Å²) in [6.45, 7) is 2.64. The summed E-state index contributed by atoms with van der Waals surface area (Å²) in [4.78, 5) is 4.53. The molecule has 0 unspecified atom stereocenters. The molecule has 4 rings (SSSR count). The number of alkyl halides is 1. The average molecular weight is 433 g/mol. The molecule has 4 aromatic rings. The van der Waals surface area contributed by atoms with Gasteiger partial charge in [-0.05, 0) is 70.7 Å². The zero-order valence-corrected chi connectivity index (χ0v) is 18.4. The van der Waals surface area contributed by atoms with Gasteiger partial charge in [-0.1, -0.05) is 37.3 Å². The van der Waals surface area contributed by atoms with Crippen LogP contribution in [0.3, 0.4) is 0 Å². The molecule has 0 aliphatic carbocycles. The monoisotopic (exact) mass is 432 g/mol. The number of imidazole rings is 1. The Balaban J connectivity index is 1.88. The molecular weight excluding hydrogens is 408 g/mol. The summed E-state index contributed by atoms with van der Waals surface area (Å²) in [5.74, 6) is 1.50. The minimum Gasteiger partial charge on any atom is -0.508 e. The molecule has 0 fully saturated rings. The van der Waals surface area contributed by atoms with Crippen LogP contribution in [0.5, 0.6) is 11.5 Å². The molecule has 0 saturated carbocycles. The molecular formula is C26H25ClN2O2. The van der Waals surface area contributed by atoms with Crippen LogP contribution in [0.4, 0.5) is 0 Å². The molecule has 31 heavy (non-hydrogen) atoms. The number of ether oxygens (including phenoxy) is 1. The number of fused-ring (bicyclic) bond motifs is 1. The van der Waals surface area contributed by atoms with Crippen LogP contribution in [0.2, 0.25) is 0 Å². The van der Waals surface area contributed by atoms with Crippen molar-refractivity contribution >= 4 is 33.8 Å². The van der Waals surface area contributed by atoms with Gasteiger partial charge in [0.05, 0.1) is 23.2 Å². The number of allylic oxidation sites excluding steroid dienone is 1. The highest BCUT2D eigenvalue weighted by Crippen LogP contribution is 2.36. The molecule has 4 nitrogen and oxygen atoms in total. The standard InChI is InChI=1S/C26H25ClN2O2/c1-3-23(20-8-13-25-24(16-20)28-17-29(25)2)26(18-4-9-21(30)10-5-18)19-6-11-22(12-7-19)31-15-14-27/h4-13,16-17,30H,3,14-15H2,1-2H3. The molecule has 0 radical (unpaired) electrons. The van der Waals surface area contributed by atoms with Crippen molar-refractivity contribution in [2.24, 2.45) is 7.05 Å². The summed E-state index contributed by atoms with van der Waals surface area (Å²) in [6, 6.07) is 21.9. The fraction of sp³-hybridized carbons (Fsp3) is 0.192. The van der Waals surface area contributed by atoms with E-state index in [0.717, 1.165) is 45.5 Å². The van der Waals surface area contributed by atoms with Gasteiger partial charge in [-0.15, -0.1) is 11.6 Å². The molecule has 0 amide bonds. The number of phenols is 1. The Labute approximate surface area is 187 Å². The first kappa shape index (κ1) is 21.0. The Morgan fingerprint density at radius 1 is 0.968 bits per heavy atom. The van der Waals surface area contributed by atoms with E-state index in [-0.39, 0.29) is 5.75 Å². The number of rotatable bonds is 7. The fourth-order valence-corrected chi connectivity index (χ4v) is 3.94. The molecule has 0 saturated heterocycles. The highest BCUT2D eigenvalue weighted by molar-refractivity contribution is 6.18. The lowest BCUT2D eigenvalue weighted by Crippen LogP contribution is -1.99. The van der Waals surface area contributed by atoms with E-state index in [4.69, 9.17) is 16.3 Å². The number of benzene rings is 3. The minimum atomic E-state index is 0.251. The van der Waals surface area contributed by atoms with Crippen molar-refractivity contribution in [3.05, 3.63) is 89.7 Å². The lowest BCUT2D eigenvalue weighted by molar-refractivity contribution is 0.343. The van der Waals surface area contributed by atoms with E-state index in [1.807, 2.05) is 42.2 Å². The van der Waals surface area contributed by atoms with Crippen LogP contribution in [0.25, 0.3) is 22.2 Å². The first-order valence-electron chi connectivity index (χ1n) is 10.3. The number of nitrogens with zero attached hydrogens (tertiary/aromatic N) is 2. The van der Waals surface area contributed by atoms with Crippen LogP contribution in [-0.2, 0) is 7.05 Å². The second-order valence-electron chi connectivity index (χ2n) is 7.37. The SMILES string of the molecule is CCC(=C(c1ccc(O)cc1)c1ccc(OCCCl)cc1)c1ccc2c(c1)ncn2C. The van der Waals surface area contributed by atoms with Crippen molar-refractivity contribution in [2.75, 3.05) is 12.5 Å². The number of hydrogen-bond donors (Lipinski definition) is 1. The predicted molar refractivity (Wildman–Crippen MR) is 128 cm³/mol. The summed E-state index contributed by atoms with van der Waals surface area (Å²) in [5.41, 5.74) is 7.69. The van der Waals surface area contributed by atoms with E-state index in [0.29, 0.717) is 12.5 Å². The first-order chi connectivity index (χ1) is 15.1. The lowest BCUT2D eigenvalue weighted by Gasteiger charge is -2.17. The van der Waals surface area contributed by atoms with E-state index >= 15 is 0 Å². The first-order valence-corrected chi connectivity index (χ1v) is 10.9. The van der Waals surface area contributed by atoms with Gasteiger partial charge < -0.3 is 14.4 Å². The van der Waals surface area contributed by atoms with Gasteiger partial charge in [0.15, 0.2) is 0 Å². The van der Waals surface area contributed by atoms with Crippen molar-refractivity contribution in [2.45, 2.75) is 13.3 Å². The third-order valence-electron chi connectivity index (χ3n) is 5.37. The van der Waals surface area contributed by atoms with Gasteiger partial charge in [0.2, 0.25) is 0 Å². The molecule has 0 aliphatic rings. The van der Waals surface area contributed by atoms with Gasteiger partial charge >= 0.3 is 0 Å². The van der Waals surface area contributed by atoms with Crippen molar-refractivity contribution < 1.29 is 9.84 Å². The molecule has 158 valence electrons. The van der Waals surface area contributed by atoms with Gasteiger partial charge in [-0.3, -0.25) is 0 Å². The maximum Gasteiger partial charge on any atom is 0.119 e. The number of hydrogen-bond acceptors (Lipinski definition) is 3. The van der Waals surface area contributed by atoms with Crippen molar-refractivity contribution in [3.63, 3.8) is 0 Å². The highest BCUT2D eigenvalue weighted by Gasteiger charge is 2.14. The average Bonchev–Trinajstić information content (AvgIpc) is 3.17. The van der Waals surface area contributed by atoms with E-state index in [1.54, 1.807) is 12.1 Å². The molecule has 0 spiro atoms. The van der Waals surface area contributed by atoms with E-state index < -0.39 is 0 Å². The third kappa shape index (κ3) is 4.44. The highest BCUT2D eigenvalue weighted by atomic mass is 35.5. The lowest BCUT2D eigenvalue weighted by atomic mass is 9.88. The molecule has 1 heterocycles. The van der Waals surface area contributed by atoms with E-state index in [1.165, 1.54) is 5.57 Å². The second-order valence-corrected chi connectivity index (χ2v) is 7.75. The zero-order chi connectivity index (χ0) is 21.8. The van der Waals surface area contributed by atoms with E-state index in [2.05, 4.69) is 42.2 Å². The molecule has 1 N–H and O–H groups in total. The van der Waals surface area contributed by atoms with Crippen molar-refractivity contribution in [1.29, 1.82) is 0 Å². The molecule has 0 atom stereocenters. The number of aryl methyl sites for hydroxylation is 1. The van der Waals surface area contributed by atoms with E-state index in [9.17, 15) is 5.11 Å². The molecule has 0 bridgehead atoms. The van der Waals surface area contributed by atoms with Gasteiger partial charge in [0.1, 0.15) is 18.1 Å². The number of aromatic nitrogens is 2. The number of aromatic hydroxyl groups is 1. The second kappa shape index (κ2) is 9.27. The molecule has 5 heteroatoms. The van der Waals surface area contributed by atoms with Gasteiger partial charge in [-0.25, -0.2) is 4.98 Å². The summed E-state index contributed by atoms with van der Waals surface area (Å²) in [6.07, 6.45) is 2.68. The van der Waals surface area contributed by atoms with Crippen molar-refractivity contribution in [1.82, 2.24) is 9.55 Å². The summed E-state index contributed by atoms with van der Waals surface area (Å²) >= 11 is 5.74. The van der Waals surface area contributed by atoms with Crippen LogP contribution in [-0.4, -0.2) is 27.1 Å². The van der Waals surface area contributed by atoms with Crippen LogP contribution in [0, 0.1) is 0 Å². The Hall–Kier alpha value is -3.24. The maximum absolute atomic E-state index is 9.81. The Morgan fingerprint density at radius 2 is 1.61 bits per heavy atom. The quantitative estimate of drug-likeness (QED) is 0.276. The van der Waals surface area contributed by atoms with Crippen LogP contribution in [0.1, 0.15) is 30.0 Å². The van der Waals surface area contributed by atoms with Crippen molar-refractivity contribution in [3.8, 4) is 11.5 Å². The maximum atomic E-state index is 9.81. The summed E-state index contributed by atoms with van der Waals surface area (Å²) < 4.78 is 7.66. The Morgan fingerprint density at radius 3 is 2.26 bits per heavy atom. The van der Waals surface area contributed by atoms with Crippen LogP contribution < -0.4 is 4.74 Å². The van der Waals surface area contributed by atoms with Gasteiger partial charge in [0.25, 0.3) is 0 Å². The topological polar surface area (TPSA) is 47.3 Å². The fourth-order valence-electron chi connectivity index (χ4n) is 3.87. The van der Waals surface area contributed by atoms with Crippen LogP contribution in [0.15, 0.2) is 73.1 Å². The normalized spacial score (nSPS) is 12.1. The smallest absolute Gasteiger partial charge is 0.119 e. The number of halogens is 1. The molecule has 3 aromatic carbocycles. The molecule has 1 aromatic heterocycles. The van der Waals surface area contributed by atoms with Gasteiger partial charge in [0, 0.05) is 7.05 Å². The van der Waals surface area contributed by atoms with Gasteiger partial charge in [-0.2, -0.15) is 0 Å². The predicted octanol–water partition coefficient (Wildman–Crippen LogP) is 6.27. The zero-order valence-electron chi connectivity index (χ0n) is 17.7. The third-order valence-corrected chi connectivity index (χ3v) is 5.53. The Kier molecular flexibility index (Phi) is 6.28. The minimum absolute atomic E-state index is 0.251. The largest absolute Gasteiger partial charge is 0.508 e. The Bertz CT molecular complexity index is 1210. The summed E-state index contributed by atoms with van der Waals surface area (Å²) in [5, 5.41) is 9.81.